The van der Waals surface area contributed by atoms with Crippen molar-refractivity contribution in [3.63, 3.8) is 0 Å². The summed E-state index contributed by atoms with van der Waals surface area (Å²) in [4.78, 5) is 12.7. The van der Waals surface area contributed by atoms with Gasteiger partial charge in [-0.15, -0.1) is 10.2 Å². The van der Waals surface area contributed by atoms with Crippen LogP contribution in [-0.2, 0) is 11.4 Å². The van der Waals surface area contributed by atoms with Gasteiger partial charge in [0.15, 0.2) is 11.0 Å². The fourth-order valence-electron chi connectivity index (χ4n) is 3.71. The Balaban J connectivity index is 1.26. The van der Waals surface area contributed by atoms with Crippen molar-refractivity contribution in [3.05, 3.63) is 119 Å². The molecule has 1 amide bonds. The van der Waals surface area contributed by atoms with Gasteiger partial charge in [-0.25, -0.2) is 0 Å². The van der Waals surface area contributed by atoms with E-state index in [-0.39, 0.29) is 11.7 Å². The number of thioether (sulfide) groups is 1. The molecule has 5 aromatic rings. The molecule has 9 heteroatoms. The van der Waals surface area contributed by atoms with E-state index in [0.717, 1.165) is 22.6 Å². The molecule has 0 saturated heterocycles. The van der Waals surface area contributed by atoms with Gasteiger partial charge in [0.1, 0.15) is 12.4 Å². The first kappa shape index (κ1) is 25.9. The molecule has 0 spiro atoms. The molecule has 4 aromatic carbocycles. The number of aromatic nitrogens is 3. The van der Waals surface area contributed by atoms with Crippen molar-refractivity contribution < 1.29 is 9.53 Å². The first-order chi connectivity index (χ1) is 18.6. The third-order valence-corrected chi connectivity index (χ3v) is 7.06. The molecule has 1 aromatic heterocycles. The maximum atomic E-state index is 12.7. The van der Waals surface area contributed by atoms with Gasteiger partial charge in [0.05, 0.1) is 10.8 Å². The SMILES string of the molecule is O=C(CSc1nnc(-c2ccccc2Cl)n1-c1ccc(Cl)cc1)Nc1ccc(OCc2ccccc2)cc1. The van der Waals surface area contributed by atoms with Crippen molar-refractivity contribution in [3.8, 4) is 22.8 Å². The number of hydrogen-bond acceptors (Lipinski definition) is 5. The summed E-state index contributed by atoms with van der Waals surface area (Å²) in [5.41, 5.74) is 3.32. The van der Waals surface area contributed by atoms with E-state index in [9.17, 15) is 4.79 Å². The number of carbonyl (C=O) groups is 1. The van der Waals surface area contributed by atoms with Gasteiger partial charge in [0, 0.05) is 22.0 Å². The van der Waals surface area contributed by atoms with E-state index < -0.39 is 0 Å². The molecule has 0 bridgehead atoms. The van der Waals surface area contributed by atoms with Crippen molar-refractivity contribution in [1.82, 2.24) is 14.8 Å². The Labute approximate surface area is 234 Å². The van der Waals surface area contributed by atoms with E-state index in [1.165, 1.54) is 11.8 Å². The average molecular weight is 561 g/mol. The quantitative estimate of drug-likeness (QED) is 0.188. The number of benzene rings is 4. The van der Waals surface area contributed by atoms with E-state index in [4.69, 9.17) is 27.9 Å². The monoisotopic (exact) mass is 560 g/mol. The van der Waals surface area contributed by atoms with Gasteiger partial charge in [-0.1, -0.05) is 77.4 Å². The minimum Gasteiger partial charge on any atom is -0.489 e. The molecule has 0 unspecified atom stereocenters. The van der Waals surface area contributed by atoms with E-state index in [0.29, 0.717) is 33.3 Å². The van der Waals surface area contributed by atoms with Gasteiger partial charge in [0.2, 0.25) is 5.91 Å². The van der Waals surface area contributed by atoms with Crippen molar-refractivity contribution in [1.29, 1.82) is 0 Å². The second kappa shape index (κ2) is 12.2. The zero-order valence-electron chi connectivity index (χ0n) is 20.1. The van der Waals surface area contributed by atoms with Crippen LogP contribution in [0.4, 0.5) is 5.69 Å². The van der Waals surface area contributed by atoms with E-state index in [1.54, 1.807) is 18.2 Å². The molecule has 0 aliphatic rings. The van der Waals surface area contributed by atoms with Gasteiger partial charge in [-0.2, -0.15) is 0 Å². The van der Waals surface area contributed by atoms with Crippen LogP contribution in [0, 0.1) is 0 Å². The molecule has 0 aliphatic heterocycles. The highest BCUT2D eigenvalue weighted by atomic mass is 35.5. The minimum atomic E-state index is -0.169. The van der Waals surface area contributed by atoms with E-state index in [1.807, 2.05) is 89.5 Å². The zero-order chi connectivity index (χ0) is 26.3. The predicted octanol–water partition coefficient (Wildman–Crippen LogP) is 7.55. The van der Waals surface area contributed by atoms with Crippen molar-refractivity contribution in [2.75, 3.05) is 11.1 Å². The number of hydrogen-bond donors (Lipinski definition) is 1. The molecule has 6 nitrogen and oxygen atoms in total. The zero-order valence-corrected chi connectivity index (χ0v) is 22.4. The number of halogens is 2. The molecule has 1 N–H and O–H groups in total. The smallest absolute Gasteiger partial charge is 0.234 e. The summed E-state index contributed by atoms with van der Waals surface area (Å²) >= 11 is 13.8. The standard InChI is InChI=1S/C29H22Cl2N4O2S/c30-21-10-14-23(15-11-21)35-28(25-8-4-5-9-26(25)31)33-34-29(35)38-19-27(36)32-22-12-16-24(17-13-22)37-18-20-6-2-1-3-7-20/h1-17H,18-19H2,(H,32,36). The maximum absolute atomic E-state index is 12.7. The van der Waals surface area contributed by atoms with Crippen LogP contribution in [0.2, 0.25) is 10.0 Å². The van der Waals surface area contributed by atoms with Gasteiger partial charge in [-0.05, 0) is 66.2 Å². The Hall–Kier alpha value is -3.78. The van der Waals surface area contributed by atoms with Crippen molar-refractivity contribution in [2.24, 2.45) is 0 Å². The normalized spacial score (nSPS) is 10.8. The Bertz CT molecular complexity index is 1530. The number of nitrogens with one attached hydrogen (secondary N) is 1. The fourth-order valence-corrected chi connectivity index (χ4v) is 4.80. The maximum Gasteiger partial charge on any atom is 0.234 e. The first-order valence-corrected chi connectivity index (χ1v) is 13.5. The lowest BCUT2D eigenvalue weighted by atomic mass is 10.2. The summed E-state index contributed by atoms with van der Waals surface area (Å²) in [7, 11) is 0. The summed E-state index contributed by atoms with van der Waals surface area (Å²) in [6.07, 6.45) is 0. The molecular formula is C29H22Cl2N4O2S. The van der Waals surface area contributed by atoms with Crippen molar-refractivity contribution in [2.45, 2.75) is 11.8 Å². The minimum absolute atomic E-state index is 0.139. The number of anilines is 1. The third-order valence-electron chi connectivity index (χ3n) is 5.55. The first-order valence-electron chi connectivity index (χ1n) is 11.7. The Kier molecular flexibility index (Phi) is 8.28. The highest BCUT2D eigenvalue weighted by Gasteiger charge is 2.19. The topological polar surface area (TPSA) is 69.0 Å². The van der Waals surface area contributed by atoms with Crippen LogP contribution in [0.25, 0.3) is 17.1 Å². The molecule has 0 fully saturated rings. The highest BCUT2D eigenvalue weighted by Crippen LogP contribution is 2.32. The van der Waals surface area contributed by atoms with Gasteiger partial charge in [0.25, 0.3) is 0 Å². The number of amides is 1. The number of ether oxygens (including phenoxy) is 1. The number of nitrogens with zero attached hydrogens (tertiary/aromatic N) is 3. The predicted molar refractivity (Wildman–Crippen MR) is 153 cm³/mol. The average Bonchev–Trinajstić information content (AvgIpc) is 3.36. The number of carbonyl (C=O) groups excluding carboxylic acids is 1. The lowest BCUT2D eigenvalue weighted by Crippen LogP contribution is -2.14. The summed E-state index contributed by atoms with van der Waals surface area (Å²) in [5.74, 6) is 1.27. The van der Waals surface area contributed by atoms with Crippen LogP contribution in [0.5, 0.6) is 5.75 Å². The van der Waals surface area contributed by atoms with E-state index in [2.05, 4.69) is 15.5 Å². The third kappa shape index (κ3) is 6.37. The van der Waals surface area contributed by atoms with Gasteiger partial charge < -0.3 is 10.1 Å². The van der Waals surface area contributed by atoms with Crippen LogP contribution >= 0.6 is 35.0 Å². The lowest BCUT2D eigenvalue weighted by molar-refractivity contribution is -0.113. The Morgan fingerprint density at radius 2 is 1.55 bits per heavy atom. The Morgan fingerprint density at radius 1 is 0.842 bits per heavy atom. The van der Waals surface area contributed by atoms with Gasteiger partial charge >= 0.3 is 0 Å². The molecule has 190 valence electrons. The van der Waals surface area contributed by atoms with Crippen LogP contribution in [0.15, 0.2) is 108 Å². The van der Waals surface area contributed by atoms with Gasteiger partial charge in [-0.3, -0.25) is 9.36 Å². The van der Waals surface area contributed by atoms with E-state index >= 15 is 0 Å². The molecular weight excluding hydrogens is 539 g/mol. The molecule has 1 heterocycles. The molecule has 0 atom stereocenters. The largest absolute Gasteiger partial charge is 0.489 e. The second-order valence-corrected chi connectivity index (χ2v) is 10.0. The van der Waals surface area contributed by atoms with Crippen molar-refractivity contribution >= 4 is 46.6 Å². The highest BCUT2D eigenvalue weighted by molar-refractivity contribution is 7.99. The summed E-state index contributed by atoms with van der Waals surface area (Å²) in [5, 5.41) is 13.4. The summed E-state index contributed by atoms with van der Waals surface area (Å²) in [6.45, 7) is 0.480. The summed E-state index contributed by atoms with van der Waals surface area (Å²) in [6, 6.07) is 32.0. The molecule has 0 radical (unpaired) electrons. The fraction of sp³-hybridized carbons (Fsp3) is 0.0690. The van der Waals surface area contributed by atoms with Crippen LogP contribution in [-0.4, -0.2) is 26.4 Å². The molecule has 5 rings (SSSR count). The Morgan fingerprint density at radius 3 is 2.29 bits per heavy atom. The summed E-state index contributed by atoms with van der Waals surface area (Å²) < 4.78 is 7.68. The molecule has 0 aliphatic carbocycles. The second-order valence-electron chi connectivity index (χ2n) is 8.23. The van der Waals surface area contributed by atoms with Crippen LogP contribution in [0.1, 0.15) is 5.56 Å². The van der Waals surface area contributed by atoms with Crippen LogP contribution in [0.3, 0.4) is 0 Å². The number of rotatable bonds is 9. The molecule has 0 saturated carbocycles. The molecule has 38 heavy (non-hydrogen) atoms. The lowest BCUT2D eigenvalue weighted by Gasteiger charge is -2.12. The van der Waals surface area contributed by atoms with Crippen LogP contribution < -0.4 is 10.1 Å².